The molecule has 2 heterocycles. The Morgan fingerprint density at radius 3 is 2.48 bits per heavy atom. The van der Waals surface area contributed by atoms with Crippen LogP contribution >= 0.6 is 11.3 Å². The number of benzene rings is 2. The highest BCUT2D eigenvalue weighted by Crippen LogP contribution is 2.26. The summed E-state index contributed by atoms with van der Waals surface area (Å²) in [6, 6.07) is 18.2. The summed E-state index contributed by atoms with van der Waals surface area (Å²) < 4.78 is 1.84. The maximum Gasteiger partial charge on any atom is 0.275 e. The van der Waals surface area contributed by atoms with Crippen LogP contribution in [-0.4, -0.2) is 20.7 Å². The van der Waals surface area contributed by atoms with Gasteiger partial charge in [0.25, 0.3) is 5.91 Å². The largest absolute Gasteiger partial charge is 0.317 e. The average molecular weight is 403 g/mol. The first-order chi connectivity index (χ1) is 14.1. The molecule has 4 aromatic rings. The minimum atomic E-state index is -0.225. The number of nitrogens with one attached hydrogen (secondary N) is 1. The zero-order valence-electron chi connectivity index (χ0n) is 16.6. The first-order valence-electron chi connectivity index (χ1n) is 9.54. The van der Waals surface area contributed by atoms with Gasteiger partial charge in [-0.2, -0.15) is 5.10 Å². The molecule has 0 saturated heterocycles. The monoisotopic (exact) mass is 402 g/mol. The van der Waals surface area contributed by atoms with E-state index in [1.54, 1.807) is 5.38 Å². The summed E-state index contributed by atoms with van der Waals surface area (Å²) in [6.45, 7) is 5.97. The molecule has 0 atom stereocenters. The van der Waals surface area contributed by atoms with Crippen molar-refractivity contribution in [2.75, 3.05) is 5.32 Å². The van der Waals surface area contributed by atoms with Crippen molar-refractivity contribution in [3.63, 3.8) is 0 Å². The van der Waals surface area contributed by atoms with E-state index in [4.69, 9.17) is 0 Å². The lowest BCUT2D eigenvalue weighted by Gasteiger charge is -2.06. The third-order valence-corrected chi connectivity index (χ3v) is 5.77. The maximum absolute atomic E-state index is 12.8. The van der Waals surface area contributed by atoms with Crippen molar-refractivity contribution in [1.82, 2.24) is 14.8 Å². The first kappa shape index (κ1) is 19.1. The van der Waals surface area contributed by atoms with Gasteiger partial charge in [0.05, 0.1) is 22.8 Å². The standard InChI is InChI=1S/C23H22N4OS/c1-4-17-10-12-18(13-11-17)23-24-20(14-29-23)22(28)25-21-15(2)26-27(16(21)3)19-8-6-5-7-9-19/h5-14H,4H2,1-3H3,(H,25,28). The topological polar surface area (TPSA) is 59.8 Å². The Morgan fingerprint density at radius 1 is 1.07 bits per heavy atom. The average Bonchev–Trinajstić information content (AvgIpc) is 3.35. The molecule has 0 aliphatic carbocycles. The van der Waals surface area contributed by atoms with Gasteiger partial charge in [-0.05, 0) is 38.0 Å². The quantitative estimate of drug-likeness (QED) is 0.484. The van der Waals surface area contributed by atoms with Gasteiger partial charge in [-0.1, -0.05) is 49.4 Å². The van der Waals surface area contributed by atoms with Crippen molar-refractivity contribution in [2.24, 2.45) is 0 Å². The Hall–Kier alpha value is -3.25. The number of aryl methyl sites for hydroxylation is 2. The zero-order chi connectivity index (χ0) is 20.4. The number of hydrogen-bond acceptors (Lipinski definition) is 4. The second-order valence-electron chi connectivity index (χ2n) is 6.84. The van der Waals surface area contributed by atoms with Crippen molar-refractivity contribution in [3.8, 4) is 16.3 Å². The predicted octanol–water partition coefficient (Wildman–Crippen LogP) is 5.43. The molecule has 0 aliphatic heterocycles. The smallest absolute Gasteiger partial charge is 0.275 e. The molecular weight excluding hydrogens is 380 g/mol. The fourth-order valence-corrected chi connectivity index (χ4v) is 4.02. The van der Waals surface area contributed by atoms with E-state index in [0.29, 0.717) is 5.69 Å². The molecule has 0 bridgehead atoms. The Bertz CT molecular complexity index is 1140. The molecule has 0 saturated carbocycles. The van der Waals surface area contributed by atoms with Crippen LogP contribution in [-0.2, 0) is 6.42 Å². The summed E-state index contributed by atoms with van der Waals surface area (Å²) in [5.41, 5.74) is 6.05. The van der Waals surface area contributed by atoms with Gasteiger partial charge in [0.1, 0.15) is 10.7 Å². The van der Waals surface area contributed by atoms with Gasteiger partial charge >= 0.3 is 0 Å². The molecular formula is C23H22N4OS. The van der Waals surface area contributed by atoms with Crippen molar-refractivity contribution in [1.29, 1.82) is 0 Å². The van der Waals surface area contributed by atoms with Gasteiger partial charge < -0.3 is 5.32 Å². The van der Waals surface area contributed by atoms with E-state index in [-0.39, 0.29) is 5.91 Å². The van der Waals surface area contributed by atoms with Crippen molar-refractivity contribution < 1.29 is 4.79 Å². The zero-order valence-corrected chi connectivity index (χ0v) is 17.5. The lowest BCUT2D eigenvalue weighted by Crippen LogP contribution is -2.13. The molecule has 0 spiro atoms. The number of carbonyl (C=O) groups is 1. The van der Waals surface area contributed by atoms with Crippen LogP contribution in [0.3, 0.4) is 0 Å². The molecule has 146 valence electrons. The lowest BCUT2D eigenvalue weighted by molar-refractivity contribution is 0.102. The highest BCUT2D eigenvalue weighted by molar-refractivity contribution is 7.13. The molecule has 5 nitrogen and oxygen atoms in total. The summed E-state index contributed by atoms with van der Waals surface area (Å²) in [4.78, 5) is 17.3. The second kappa shape index (κ2) is 8.01. The van der Waals surface area contributed by atoms with E-state index in [2.05, 4.69) is 46.6 Å². The highest BCUT2D eigenvalue weighted by Gasteiger charge is 2.18. The van der Waals surface area contributed by atoms with Crippen LogP contribution in [0.4, 0.5) is 5.69 Å². The molecule has 4 rings (SSSR count). The van der Waals surface area contributed by atoms with Crippen molar-refractivity contribution in [2.45, 2.75) is 27.2 Å². The summed E-state index contributed by atoms with van der Waals surface area (Å²) in [7, 11) is 0. The molecule has 1 amide bonds. The molecule has 0 unspecified atom stereocenters. The SMILES string of the molecule is CCc1ccc(-c2nc(C(=O)Nc3c(C)nn(-c4ccccc4)c3C)cs2)cc1. The molecule has 6 heteroatoms. The van der Waals surface area contributed by atoms with Crippen LogP contribution in [0.25, 0.3) is 16.3 Å². The number of rotatable bonds is 5. The fraction of sp³-hybridized carbons (Fsp3) is 0.174. The van der Waals surface area contributed by atoms with Crippen LogP contribution < -0.4 is 5.32 Å². The van der Waals surface area contributed by atoms with Gasteiger partial charge in [-0.15, -0.1) is 11.3 Å². The number of amides is 1. The van der Waals surface area contributed by atoms with Gasteiger partial charge in [-0.25, -0.2) is 9.67 Å². The van der Waals surface area contributed by atoms with Crippen LogP contribution in [0, 0.1) is 13.8 Å². The second-order valence-corrected chi connectivity index (χ2v) is 7.69. The van der Waals surface area contributed by atoms with Crippen molar-refractivity contribution >= 4 is 22.9 Å². The number of anilines is 1. The third-order valence-electron chi connectivity index (χ3n) is 4.88. The highest BCUT2D eigenvalue weighted by atomic mass is 32.1. The van der Waals surface area contributed by atoms with Crippen LogP contribution in [0.1, 0.15) is 34.4 Å². The summed E-state index contributed by atoms with van der Waals surface area (Å²) in [6.07, 6.45) is 1.00. The van der Waals surface area contributed by atoms with E-state index < -0.39 is 0 Å². The Kier molecular flexibility index (Phi) is 5.27. The molecule has 2 aromatic heterocycles. The van der Waals surface area contributed by atoms with Gasteiger partial charge in [0.2, 0.25) is 0 Å². The van der Waals surface area contributed by atoms with Crippen molar-refractivity contribution in [3.05, 3.63) is 82.6 Å². The van der Waals surface area contributed by atoms with Gasteiger partial charge in [0.15, 0.2) is 0 Å². The molecule has 1 N–H and O–H groups in total. The maximum atomic E-state index is 12.8. The number of nitrogens with zero attached hydrogens (tertiary/aromatic N) is 3. The minimum Gasteiger partial charge on any atom is -0.317 e. The Morgan fingerprint density at radius 2 is 1.79 bits per heavy atom. The lowest BCUT2D eigenvalue weighted by atomic mass is 10.1. The number of para-hydroxylation sites is 1. The number of aromatic nitrogens is 3. The molecule has 0 fully saturated rings. The van der Waals surface area contributed by atoms with Gasteiger partial charge in [-0.3, -0.25) is 4.79 Å². The third kappa shape index (κ3) is 3.84. The van der Waals surface area contributed by atoms with E-state index in [9.17, 15) is 4.79 Å². The predicted molar refractivity (Wildman–Crippen MR) is 118 cm³/mol. The van der Waals surface area contributed by atoms with Crippen LogP contribution in [0.15, 0.2) is 60.0 Å². The van der Waals surface area contributed by atoms with Gasteiger partial charge in [0, 0.05) is 10.9 Å². The van der Waals surface area contributed by atoms with Crippen LogP contribution in [0.2, 0.25) is 0 Å². The number of carbonyl (C=O) groups excluding carboxylic acids is 1. The minimum absolute atomic E-state index is 0.225. The Labute approximate surface area is 174 Å². The molecule has 29 heavy (non-hydrogen) atoms. The Balaban J connectivity index is 1.56. The summed E-state index contributed by atoms with van der Waals surface area (Å²) in [5, 5.41) is 10.2. The van der Waals surface area contributed by atoms with E-state index in [0.717, 1.165) is 39.8 Å². The van der Waals surface area contributed by atoms with E-state index in [1.165, 1.54) is 16.9 Å². The first-order valence-corrected chi connectivity index (χ1v) is 10.4. The molecule has 2 aromatic carbocycles. The number of hydrogen-bond donors (Lipinski definition) is 1. The normalized spacial score (nSPS) is 10.9. The number of thiazole rings is 1. The van der Waals surface area contributed by atoms with E-state index in [1.807, 2.05) is 48.9 Å². The fourth-order valence-electron chi connectivity index (χ4n) is 3.22. The molecule has 0 radical (unpaired) electrons. The summed E-state index contributed by atoms with van der Waals surface area (Å²) >= 11 is 1.47. The van der Waals surface area contributed by atoms with E-state index >= 15 is 0 Å². The summed E-state index contributed by atoms with van der Waals surface area (Å²) in [5.74, 6) is -0.225. The molecule has 0 aliphatic rings. The van der Waals surface area contributed by atoms with Crippen LogP contribution in [0.5, 0.6) is 0 Å².